The van der Waals surface area contributed by atoms with E-state index in [9.17, 15) is 9.18 Å². The monoisotopic (exact) mass is 345 g/mol. The minimum absolute atomic E-state index is 0.186. The summed E-state index contributed by atoms with van der Waals surface area (Å²) < 4.78 is 29.4. The van der Waals surface area contributed by atoms with Crippen LogP contribution in [-0.2, 0) is 4.79 Å². The number of nitrogens with one attached hydrogen (secondary N) is 1. The van der Waals surface area contributed by atoms with E-state index < -0.39 is 6.10 Å². The third kappa shape index (κ3) is 4.86. The maximum absolute atomic E-state index is 12.8. The standard InChI is InChI=1S/C19H20FNO4/c20-14-7-9-15(10-8-14)23-12-4-3-11-21-19(22)18-13-24-16-5-1-2-6-17(16)25-18/h1-2,5-10,18H,3-4,11-13H2,(H,21,22). The fourth-order valence-corrected chi connectivity index (χ4v) is 2.42. The minimum atomic E-state index is -0.634. The summed E-state index contributed by atoms with van der Waals surface area (Å²) in [6, 6.07) is 13.2. The van der Waals surface area contributed by atoms with Crippen LogP contribution in [0.5, 0.6) is 17.2 Å². The number of carbonyl (C=O) groups is 1. The maximum atomic E-state index is 12.8. The normalized spacial score (nSPS) is 15.5. The molecule has 3 rings (SSSR count). The van der Waals surface area contributed by atoms with Gasteiger partial charge in [0.05, 0.1) is 6.61 Å². The molecule has 0 aliphatic carbocycles. The lowest BCUT2D eigenvalue weighted by Gasteiger charge is -2.25. The number of carbonyl (C=O) groups excluding carboxylic acids is 1. The summed E-state index contributed by atoms with van der Waals surface area (Å²) in [5.74, 6) is 1.41. The average Bonchev–Trinajstić information content (AvgIpc) is 2.65. The summed E-state index contributed by atoms with van der Waals surface area (Å²) in [7, 11) is 0. The fraction of sp³-hybridized carbons (Fsp3) is 0.316. The number of benzene rings is 2. The van der Waals surface area contributed by atoms with Gasteiger partial charge in [0.1, 0.15) is 18.2 Å². The summed E-state index contributed by atoms with van der Waals surface area (Å²) >= 11 is 0. The van der Waals surface area contributed by atoms with Crippen LogP contribution in [0.2, 0.25) is 0 Å². The van der Waals surface area contributed by atoms with E-state index in [1.807, 2.05) is 18.2 Å². The van der Waals surface area contributed by atoms with Gasteiger partial charge in [-0.1, -0.05) is 12.1 Å². The van der Waals surface area contributed by atoms with Crippen LogP contribution in [0.3, 0.4) is 0 Å². The van der Waals surface area contributed by atoms with Crippen LogP contribution >= 0.6 is 0 Å². The number of para-hydroxylation sites is 2. The topological polar surface area (TPSA) is 56.8 Å². The van der Waals surface area contributed by atoms with Crippen molar-refractivity contribution >= 4 is 5.91 Å². The number of amides is 1. The van der Waals surface area contributed by atoms with Crippen LogP contribution in [0.15, 0.2) is 48.5 Å². The number of halogens is 1. The van der Waals surface area contributed by atoms with Crippen molar-refractivity contribution in [1.29, 1.82) is 0 Å². The Morgan fingerprint density at radius 2 is 1.88 bits per heavy atom. The Hall–Kier alpha value is -2.76. The predicted octanol–water partition coefficient (Wildman–Crippen LogP) is 2.94. The van der Waals surface area contributed by atoms with Crippen LogP contribution in [0.1, 0.15) is 12.8 Å². The quantitative estimate of drug-likeness (QED) is 0.784. The molecule has 1 aliphatic rings. The SMILES string of the molecule is O=C(NCCCCOc1ccc(F)cc1)C1COc2ccccc2O1. The number of rotatable bonds is 7. The Balaban J connectivity index is 1.31. The van der Waals surface area contributed by atoms with Gasteiger partial charge in [0.2, 0.25) is 6.10 Å². The molecule has 5 nitrogen and oxygen atoms in total. The molecule has 0 saturated heterocycles. The zero-order valence-electron chi connectivity index (χ0n) is 13.7. The zero-order valence-corrected chi connectivity index (χ0v) is 13.7. The molecule has 2 aromatic rings. The third-order valence-corrected chi connectivity index (χ3v) is 3.75. The van der Waals surface area contributed by atoms with Gasteiger partial charge in [0.15, 0.2) is 11.5 Å². The van der Waals surface area contributed by atoms with Gasteiger partial charge in [-0.15, -0.1) is 0 Å². The number of unbranched alkanes of at least 4 members (excludes halogenated alkanes) is 1. The molecular formula is C19H20FNO4. The molecule has 0 spiro atoms. The minimum Gasteiger partial charge on any atom is -0.494 e. The number of hydrogen-bond donors (Lipinski definition) is 1. The molecule has 1 unspecified atom stereocenters. The average molecular weight is 345 g/mol. The van der Waals surface area contributed by atoms with E-state index in [-0.39, 0.29) is 18.3 Å². The van der Waals surface area contributed by atoms with Gasteiger partial charge < -0.3 is 19.5 Å². The van der Waals surface area contributed by atoms with Crippen molar-refractivity contribution < 1.29 is 23.4 Å². The molecule has 132 valence electrons. The molecular weight excluding hydrogens is 325 g/mol. The predicted molar refractivity (Wildman–Crippen MR) is 90.5 cm³/mol. The van der Waals surface area contributed by atoms with Crippen molar-refractivity contribution in [2.45, 2.75) is 18.9 Å². The first-order valence-electron chi connectivity index (χ1n) is 8.27. The second-order valence-electron chi connectivity index (χ2n) is 5.66. The zero-order chi connectivity index (χ0) is 17.5. The van der Waals surface area contributed by atoms with E-state index in [0.717, 1.165) is 12.8 Å². The fourth-order valence-electron chi connectivity index (χ4n) is 2.42. The largest absolute Gasteiger partial charge is 0.494 e. The van der Waals surface area contributed by atoms with E-state index in [2.05, 4.69) is 5.32 Å². The van der Waals surface area contributed by atoms with Gasteiger partial charge in [-0.25, -0.2) is 4.39 Å². The summed E-state index contributed by atoms with van der Waals surface area (Å²) in [6.07, 6.45) is 0.921. The van der Waals surface area contributed by atoms with Crippen molar-refractivity contribution in [2.24, 2.45) is 0 Å². The van der Waals surface area contributed by atoms with Gasteiger partial charge in [-0.05, 0) is 49.2 Å². The van der Waals surface area contributed by atoms with E-state index in [1.54, 1.807) is 18.2 Å². The molecule has 25 heavy (non-hydrogen) atoms. The second kappa shape index (κ2) is 8.37. The van der Waals surface area contributed by atoms with Crippen LogP contribution in [-0.4, -0.2) is 31.8 Å². The highest BCUT2D eigenvalue weighted by atomic mass is 19.1. The van der Waals surface area contributed by atoms with Crippen LogP contribution in [0.4, 0.5) is 4.39 Å². The van der Waals surface area contributed by atoms with Gasteiger partial charge in [0, 0.05) is 6.54 Å². The highest BCUT2D eigenvalue weighted by Crippen LogP contribution is 2.30. The van der Waals surface area contributed by atoms with Crippen LogP contribution in [0.25, 0.3) is 0 Å². The maximum Gasteiger partial charge on any atom is 0.264 e. The van der Waals surface area contributed by atoms with E-state index >= 15 is 0 Å². The van der Waals surface area contributed by atoms with Crippen molar-refractivity contribution in [3.8, 4) is 17.2 Å². The first-order valence-corrected chi connectivity index (χ1v) is 8.27. The Morgan fingerprint density at radius 1 is 1.12 bits per heavy atom. The Labute approximate surface area is 145 Å². The summed E-state index contributed by atoms with van der Waals surface area (Å²) in [4.78, 5) is 12.1. The van der Waals surface area contributed by atoms with Crippen LogP contribution in [0, 0.1) is 5.82 Å². The molecule has 1 N–H and O–H groups in total. The Bertz CT molecular complexity index is 705. The van der Waals surface area contributed by atoms with Gasteiger partial charge in [0.25, 0.3) is 5.91 Å². The molecule has 1 amide bonds. The van der Waals surface area contributed by atoms with Gasteiger partial charge in [-0.2, -0.15) is 0 Å². The van der Waals surface area contributed by atoms with Crippen LogP contribution < -0.4 is 19.5 Å². The number of ether oxygens (including phenoxy) is 3. The van der Waals surface area contributed by atoms with Crippen molar-refractivity contribution in [3.05, 3.63) is 54.3 Å². The Morgan fingerprint density at radius 3 is 2.68 bits per heavy atom. The van der Waals surface area contributed by atoms with Gasteiger partial charge in [-0.3, -0.25) is 4.79 Å². The van der Waals surface area contributed by atoms with E-state index in [1.165, 1.54) is 12.1 Å². The Kier molecular flexibility index (Phi) is 5.72. The lowest BCUT2D eigenvalue weighted by Crippen LogP contribution is -2.44. The third-order valence-electron chi connectivity index (χ3n) is 3.75. The summed E-state index contributed by atoms with van der Waals surface area (Å²) in [5, 5.41) is 2.84. The first kappa shape index (κ1) is 17.1. The van der Waals surface area contributed by atoms with Crippen molar-refractivity contribution in [2.75, 3.05) is 19.8 Å². The molecule has 1 aliphatic heterocycles. The molecule has 0 saturated carbocycles. The smallest absolute Gasteiger partial charge is 0.264 e. The highest BCUT2D eigenvalue weighted by Gasteiger charge is 2.26. The molecule has 2 aromatic carbocycles. The molecule has 1 heterocycles. The lowest BCUT2D eigenvalue weighted by molar-refractivity contribution is -0.130. The van der Waals surface area contributed by atoms with E-state index in [0.29, 0.717) is 30.4 Å². The summed E-state index contributed by atoms with van der Waals surface area (Å²) in [5.41, 5.74) is 0. The molecule has 1 atom stereocenters. The first-order chi connectivity index (χ1) is 12.2. The number of hydrogen-bond acceptors (Lipinski definition) is 4. The molecule has 6 heteroatoms. The van der Waals surface area contributed by atoms with Crippen molar-refractivity contribution in [3.63, 3.8) is 0 Å². The summed E-state index contributed by atoms with van der Waals surface area (Å²) in [6.45, 7) is 1.25. The van der Waals surface area contributed by atoms with Crippen molar-refractivity contribution in [1.82, 2.24) is 5.32 Å². The molecule has 0 bridgehead atoms. The number of fused-ring (bicyclic) bond motifs is 1. The second-order valence-corrected chi connectivity index (χ2v) is 5.66. The van der Waals surface area contributed by atoms with E-state index in [4.69, 9.17) is 14.2 Å². The highest BCUT2D eigenvalue weighted by molar-refractivity contribution is 5.81. The lowest BCUT2D eigenvalue weighted by atomic mass is 10.2. The molecule has 0 fully saturated rings. The van der Waals surface area contributed by atoms with Gasteiger partial charge >= 0.3 is 0 Å². The molecule has 0 aromatic heterocycles. The molecule has 0 radical (unpaired) electrons.